The molecule has 0 atom stereocenters. The summed E-state index contributed by atoms with van der Waals surface area (Å²) in [7, 11) is 0. The van der Waals surface area contributed by atoms with Crippen molar-refractivity contribution in [3.63, 3.8) is 0 Å². The van der Waals surface area contributed by atoms with E-state index in [4.69, 9.17) is 0 Å². The number of nitrogens with zero attached hydrogens (tertiary/aromatic N) is 3. The van der Waals surface area contributed by atoms with Crippen LogP contribution in [0.3, 0.4) is 0 Å². The lowest BCUT2D eigenvalue weighted by Gasteiger charge is -2.28. The Morgan fingerprint density at radius 3 is 2.72 bits per heavy atom. The van der Waals surface area contributed by atoms with E-state index in [0.29, 0.717) is 6.04 Å². The van der Waals surface area contributed by atoms with Gasteiger partial charge in [0.05, 0.1) is 11.2 Å². The number of piperidine rings is 1. The van der Waals surface area contributed by atoms with E-state index in [1.807, 2.05) is 12.4 Å². The standard InChI is InChI=1S/C24H29N5/c1-17(26-21-6-5-7-21)24-22-13-19(8-9-23(22)27-28-24)20-12-18(14-25-15-20)16-29-10-3-2-4-11-29/h8-9,12-15,21,26H,1-7,10-11,16H2,(H,27,28). The number of nitrogens with one attached hydrogen (secondary N) is 2. The first-order chi connectivity index (χ1) is 14.3. The highest BCUT2D eigenvalue weighted by Gasteiger charge is 2.19. The van der Waals surface area contributed by atoms with Crippen LogP contribution in [0.15, 0.2) is 43.2 Å². The van der Waals surface area contributed by atoms with Gasteiger partial charge >= 0.3 is 0 Å². The van der Waals surface area contributed by atoms with E-state index >= 15 is 0 Å². The molecule has 0 amide bonds. The van der Waals surface area contributed by atoms with Gasteiger partial charge in [-0.2, -0.15) is 5.10 Å². The van der Waals surface area contributed by atoms with Crippen LogP contribution in [-0.4, -0.2) is 39.2 Å². The van der Waals surface area contributed by atoms with Gasteiger partial charge in [-0.3, -0.25) is 15.0 Å². The van der Waals surface area contributed by atoms with Crippen molar-refractivity contribution in [1.29, 1.82) is 0 Å². The van der Waals surface area contributed by atoms with Gasteiger partial charge in [0.2, 0.25) is 0 Å². The largest absolute Gasteiger partial charge is 0.381 e. The van der Waals surface area contributed by atoms with Crippen LogP contribution in [0, 0.1) is 0 Å². The Morgan fingerprint density at radius 1 is 1.07 bits per heavy atom. The number of hydrogen-bond acceptors (Lipinski definition) is 4. The highest BCUT2D eigenvalue weighted by Crippen LogP contribution is 2.29. The van der Waals surface area contributed by atoms with Crippen molar-refractivity contribution in [3.05, 3.63) is 54.5 Å². The summed E-state index contributed by atoms with van der Waals surface area (Å²) in [5, 5.41) is 12.3. The average molecular weight is 388 g/mol. The van der Waals surface area contributed by atoms with E-state index in [1.54, 1.807) is 0 Å². The van der Waals surface area contributed by atoms with Crippen molar-refractivity contribution in [2.75, 3.05) is 13.1 Å². The zero-order chi connectivity index (χ0) is 19.6. The quantitative estimate of drug-likeness (QED) is 0.642. The van der Waals surface area contributed by atoms with Crippen LogP contribution >= 0.6 is 0 Å². The predicted molar refractivity (Wildman–Crippen MR) is 118 cm³/mol. The third kappa shape index (κ3) is 3.92. The number of rotatable bonds is 6. The van der Waals surface area contributed by atoms with Gasteiger partial charge in [0.15, 0.2) is 0 Å². The number of hydrogen-bond donors (Lipinski definition) is 2. The number of fused-ring (bicyclic) bond motifs is 1. The molecule has 0 unspecified atom stereocenters. The van der Waals surface area contributed by atoms with E-state index in [-0.39, 0.29) is 0 Å². The third-order valence-corrected chi connectivity index (χ3v) is 6.32. The van der Waals surface area contributed by atoms with E-state index in [0.717, 1.165) is 34.4 Å². The first kappa shape index (κ1) is 18.4. The molecule has 0 spiro atoms. The van der Waals surface area contributed by atoms with Crippen LogP contribution < -0.4 is 5.32 Å². The lowest BCUT2D eigenvalue weighted by molar-refractivity contribution is 0.220. The molecule has 3 heterocycles. The number of aromatic nitrogens is 3. The van der Waals surface area contributed by atoms with E-state index < -0.39 is 0 Å². The zero-order valence-electron chi connectivity index (χ0n) is 17.0. The van der Waals surface area contributed by atoms with Crippen LogP contribution in [-0.2, 0) is 6.54 Å². The van der Waals surface area contributed by atoms with Gasteiger partial charge in [0, 0.05) is 35.9 Å². The Bertz CT molecular complexity index is 1010. The van der Waals surface area contributed by atoms with Gasteiger partial charge in [0.1, 0.15) is 5.69 Å². The molecule has 1 saturated carbocycles. The molecule has 1 aliphatic heterocycles. The SMILES string of the molecule is C=C(NC1CCC1)c1n[nH]c2ccc(-c3cncc(CN4CCCCC4)c3)cc12. The molecule has 150 valence electrons. The minimum absolute atomic E-state index is 0.549. The van der Waals surface area contributed by atoms with Gasteiger partial charge in [0.25, 0.3) is 0 Å². The monoisotopic (exact) mass is 387 g/mol. The fraction of sp³-hybridized carbons (Fsp3) is 0.417. The predicted octanol–water partition coefficient (Wildman–Crippen LogP) is 4.72. The molecular weight excluding hydrogens is 358 g/mol. The van der Waals surface area contributed by atoms with Crippen LogP contribution in [0.1, 0.15) is 49.8 Å². The summed E-state index contributed by atoms with van der Waals surface area (Å²) in [5.41, 5.74) is 6.49. The van der Waals surface area contributed by atoms with Gasteiger partial charge in [-0.15, -0.1) is 0 Å². The molecule has 0 radical (unpaired) electrons. The topological polar surface area (TPSA) is 56.8 Å². The minimum atomic E-state index is 0.549. The summed E-state index contributed by atoms with van der Waals surface area (Å²) in [4.78, 5) is 7.07. The lowest BCUT2D eigenvalue weighted by Crippen LogP contribution is -2.33. The number of likely N-dealkylation sites (tertiary alicyclic amines) is 1. The molecule has 1 aliphatic carbocycles. The summed E-state index contributed by atoms with van der Waals surface area (Å²) in [6, 6.07) is 9.30. The van der Waals surface area contributed by atoms with Crippen LogP contribution in [0.5, 0.6) is 0 Å². The molecular formula is C24H29N5. The Labute approximate surface area is 172 Å². The molecule has 0 bridgehead atoms. The van der Waals surface area contributed by atoms with E-state index in [9.17, 15) is 0 Å². The van der Waals surface area contributed by atoms with Crippen molar-refractivity contribution >= 4 is 16.6 Å². The normalized spacial score (nSPS) is 17.9. The lowest BCUT2D eigenvalue weighted by atomic mass is 9.92. The summed E-state index contributed by atoms with van der Waals surface area (Å²) in [6.45, 7) is 7.63. The first-order valence-corrected chi connectivity index (χ1v) is 10.9. The fourth-order valence-corrected chi connectivity index (χ4v) is 4.40. The van der Waals surface area contributed by atoms with E-state index in [2.05, 4.69) is 56.2 Å². The van der Waals surface area contributed by atoms with Crippen molar-refractivity contribution < 1.29 is 0 Å². The zero-order valence-corrected chi connectivity index (χ0v) is 17.0. The van der Waals surface area contributed by atoms with Crippen LogP contribution in [0.25, 0.3) is 27.7 Å². The molecule has 3 aromatic rings. The molecule has 29 heavy (non-hydrogen) atoms. The Kier molecular flexibility index (Phi) is 5.06. The molecule has 2 N–H and O–H groups in total. The highest BCUT2D eigenvalue weighted by molar-refractivity contribution is 5.92. The Morgan fingerprint density at radius 2 is 1.93 bits per heavy atom. The Hall–Kier alpha value is -2.66. The highest BCUT2D eigenvalue weighted by atomic mass is 15.1. The van der Waals surface area contributed by atoms with Gasteiger partial charge in [-0.1, -0.05) is 19.1 Å². The maximum atomic E-state index is 4.53. The van der Waals surface area contributed by atoms with Gasteiger partial charge < -0.3 is 5.32 Å². The minimum Gasteiger partial charge on any atom is -0.381 e. The second kappa shape index (κ2) is 7.99. The summed E-state index contributed by atoms with van der Waals surface area (Å²) in [6.07, 6.45) is 11.7. The number of H-pyrrole nitrogens is 1. The van der Waals surface area contributed by atoms with Crippen molar-refractivity contribution in [2.24, 2.45) is 0 Å². The van der Waals surface area contributed by atoms with Gasteiger partial charge in [-0.25, -0.2) is 0 Å². The second-order valence-corrected chi connectivity index (χ2v) is 8.50. The first-order valence-electron chi connectivity index (χ1n) is 10.9. The van der Waals surface area contributed by atoms with Crippen LogP contribution in [0.2, 0.25) is 0 Å². The molecule has 5 nitrogen and oxygen atoms in total. The number of pyridine rings is 1. The third-order valence-electron chi connectivity index (χ3n) is 6.32. The maximum Gasteiger partial charge on any atom is 0.115 e. The van der Waals surface area contributed by atoms with Crippen LogP contribution in [0.4, 0.5) is 0 Å². The molecule has 5 heteroatoms. The van der Waals surface area contributed by atoms with Crippen molar-refractivity contribution in [3.8, 4) is 11.1 Å². The second-order valence-electron chi connectivity index (χ2n) is 8.50. The fourth-order valence-electron chi connectivity index (χ4n) is 4.40. The van der Waals surface area contributed by atoms with Gasteiger partial charge in [-0.05, 0) is 74.5 Å². The summed E-state index contributed by atoms with van der Waals surface area (Å²) >= 11 is 0. The average Bonchev–Trinajstić information content (AvgIpc) is 3.15. The summed E-state index contributed by atoms with van der Waals surface area (Å²) in [5.74, 6) is 0. The molecule has 1 aromatic carbocycles. The van der Waals surface area contributed by atoms with Crippen molar-refractivity contribution in [1.82, 2.24) is 25.4 Å². The molecule has 1 saturated heterocycles. The molecule has 5 rings (SSSR count). The Balaban J connectivity index is 1.40. The molecule has 2 fully saturated rings. The molecule has 2 aromatic heterocycles. The number of aromatic amines is 1. The smallest absolute Gasteiger partial charge is 0.115 e. The van der Waals surface area contributed by atoms with E-state index in [1.165, 1.54) is 62.7 Å². The van der Waals surface area contributed by atoms with Crippen molar-refractivity contribution in [2.45, 2.75) is 51.1 Å². The number of benzene rings is 1. The summed E-state index contributed by atoms with van der Waals surface area (Å²) < 4.78 is 0. The maximum absolute atomic E-state index is 4.53. The molecule has 2 aliphatic rings.